The van der Waals surface area contributed by atoms with Crippen LogP contribution in [0.5, 0.6) is 0 Å². The van der Waals surface area contributed by atoms with Crippen LogP contribution in [0.15, 0.2) is 11.8 Å². The smallest absolute Gasteiger partial charge is 0.241 e. The van der Waals surface area contributed by atoms with Gasteiger partial charge >= 0.3 is 0 Å². The lowest BCUT2D eigenvalue weighted by atomic mass is 10.3. The normalized spacial score (nSPS) is 22.6. The van der Waals surface area contributed by atoms with Gasteiger partial charge in [-0.25, -0.2) is 0 Å². The summed E-state index contributed by atoms with van der Waals surface area (Å²) in [5.74, 6) is 0. The molecule has 64 valence electrons. The zero-order valence-electron chi connectivity index (χ0n) is 7.61. The largest absolute Gasteiger partial charge is 0.550 e. The van der Waals surface area contributed by atoms with Crippen molar-refractivity contribution in [2.45, 2.75) is 26.1 Å². The monoisotopic (exact) mass is 171 g/mol. The molecule has 2 nitrogen and oxygen atoms in total. The molecule has 0 aromatic carbocycles. The van der Waals surface area contributed by atoms with E-state index in [1.807, 2.05) is 6.26 Å². The first-order chi connectivity index (χ1) is 5.08. The highest BCUT2D eigenvalue weighted by molar-refractivity contribution is 6.69. The molecular formula is C8H17NOSi. The maximum Gasteiger partial charge on any atom is 0.241 e. The fraction of sp³-hybridized carbons (Fsp3) is 0.750. The Bertz CT molecular complexity index is 152. The summed E-state index contributed by atoms with van der Waals surface area (Å²) in [6.45, 7) is 8.73. The maximum atomic E-state index is 5.65. The van der Waals surface area contributed by atoms with Crippen LogP contribution in [0.2, 0.25) is 19.6 Å². The third-order valence-electron chi connectivity index (χ3n) is 1.55. The molecule has 1 heterocycles. The van der Waals surface area contributed by atoms with Gasteiger partial charge in [0.1, 0.15) is 0 Å². The summed E-state index contributed by atoms with van der Waals surface area (Å²) in [5, 5.41) is 3.28. The average molecular weight is 171 g/mol. The third kappa shape index (κ3) is 3.58. The molecule has 1 aliphatic rings. The van der Waals surface area contributed by atoms with E-state index in [0.29, 0.717) is 0 Å². The Kier molecular flexibility index (Phi) is 2.73. The molecule has 0 spiro atoms. The van der Waals surface area contributed by atoms with E-state index < -0.39 is 8.32 Å². The lowest BCUT2D eigenvalue weighted by Gasteiger charge is -2.15. The number of hydrogen-bond donors (Lipinski definition) is 1. The second kappa shape index (κ2) is 3.41. The topological polar surface area (TPSA) is 21.3 Å². The van der Waals surface area contributed by atoms with Crippen LogP contribution < -0.4 is 5.32 Å². The highest BCUT2D eigenvalue weighted by Crippen LogP contribution is 2.09. The molecule has 1 fully saturated rings. The minimum absolute atomic E-state index is 1.02. The van der Waals surface area contributed by atoms with Gasteiger partial charge in [0.05, 0.1) is 6.26 Å². The summed E-state index contributed by atoms with van der Waals surface area (Å²) >= 11 is 0. The van der Waals surface area contributed by atoms with Gasteiger partial charge < -0.3 is 9.74 Å². The molecule has 0 radical (unpaired) electrons. The molecule has 0 aromatic rings. The van der Waals surface area contributed by atoms with Crippen molar-refractivity contribution in [2.75, 3.05) is 13.1 Å². The van der Waals surface area contributed by atoms with Crippen LogP contribution in [0, 0.1) is 0 Å². The minimum Gasteiger partial charge on any atom is -0.550 e. The fourth-order valence-corrected chi connectivity index (χ4v) is 1.47. The molecule has 0 amide bonds. The molecule has 0 atom stereocenters. The first-order valence-corrected chi connectivity index (χ1v) is 7.55. The molecule has 3 heteroatoms. The first-order valence-electron chi connectivity index (χ1n) is 4.14. The van der Waals surface area contributed by atoms with Crippen LogP contribution in [0.4, 0.5) is 0 Å². The second-order valence-corrected chi connectivity index (χ2v) is 8.39. The second-order valence-electron chi connectivity index (χ2n) is 3.93. The number of nitrogens with one attached hydrogen (secondary N) is 1. The van der Waals surface area contributed by atoms with E-state index in [9.17, 15) is 0 Å². The van der Waals surface area contributed by atoms with Crippen molar-refractivity contribution in [2.24, 2.45) is 0 Å². The van der Waals surface area contributed by atoms with Gasteiger partial charge in [-0.3, -0.25) is 0 Å². The predicted molar refractivity (Wildman–Crippen MR) is 50.0 cm³/mol. The van der Waals surface area contributed by atoms with Gasteiger partial charge in [-0.1, -0.05) is 0 Å². The van der Waals surface area contributed by atoms with Crippen molar-refractivity contribution in [1.82, 2.24) is 5.32 Å². The van der Waals surface area contributed by atoms with Crippen molar-refractivity contribution in [1.29, 1.82) is 0 Å². The fourth-order valence-electron chi connectivity index (χ4n) is 0.947. The van der Waals surface area contributed by atoms with Gasteiger partial charge in [0.2, 0.25) is 8.32 Å². The Labute approximate surface area is 69.8 Å². The summed E-state index contributed by atoms with van der Waals surface area (Å²) in [4.78, 5) is 0. The summed E-state index contributed by atoms with van der Waals surface area (Å²) < 4.78 is 5.65. The van der Waals surface area contributed by atoms with Crippen LogP contribution >= 0.6 is 0 Å². The molecule has 1 N–H and O–H groups in total. The Morgan fingerprint density at radius 3 is 2.64 bits per heavy atom. The van der Waals surface area contributed by atoms with E-state index in [-0.39, 0.29) is 0 Å². The van der Waals surface area contributed by atoms with Crippen LogP contribution in [0.3, 0.4) is 0 Å². The molecular weight excluding hydrogens is 154 g/mol. The molecule has 11 heavy (non-hydrogen) atoms. The molecule has 0 aliphatic carbocycles. The van der Waals surface area contributed by atoms with Crippen molar-refractivity contribution in [3.05, 3.63) is 11.8 Å². The Hall–Kier alpha value is -0.283. The highest BCUT2D eigenvalue weighted by atomic mass is 28.4. The molecule has 1 aliphatic heterocycles. The maximum absolute atomic E-state index is 5.65. The zero-order chi connectivity index (χ0) is 8.32. The van der Waals surface area contributed by atoms with E-state index >= 15 is 0 Å². The van der Waals surface area contributed by atoms with Gasteiger partial charge in [-0.2, -0.15) is 0 Å². The molecule has 0 unspecified atom stereocenters. The Morgan fingerprint density at radius 1 is 1.45 bits per heavy atom. The van der Waals surface area contributed by atoms with E-state index in [4.69, 9.17) is 4.43 Å². The zero-order valence-corrected chi connectivity index (χ0v) is 8.61. The first kappa shape index (κ1) is 8.81. The molecule has 0 bridgehead atoms. The summed E-state index contributed by atoms with van der Waals surface area (Å²) in [7, 11) is -1.33. The molecule has 0 saturated carbocycles. The lowest BCUT2D eigenvalue weighted by molar-refractivity contribution is 0.472. The molecule has 1 rings (SSSR count). The van der Waals surface area contributed by atoms with Crippen LogP contribution in [0.25, 0.3) is 0 Å². The van der Waals surface area contributed by atoms with E-state index in [0.717, 1.165) is 19.5 Å². The molecule has 1 saturated heterocycles. The minimum atomic E-state index is -1.33. The quantitative estimate of drug-likeness (QED) is 0.504. The van der Waals surface area contributed by atoms with E-state index in [1.54, 1.807) is 0 Å². The van der Waals surface area contributed by atoms with Crippen LogP contribution in [-0.2, 0) is 4.43 Å². The van der Waals surface area contributed by atoms with E-state index in [2.05, 4.69) is 25.0 Å². The van der Waals surface area contributed by atoms with Gasteiger partial charge in [0.25, 0.3) is 0 Å². The predicted octanol–water partition coefficient (Wildman–Crippen LogP) is 1.72. The van der Waals surface area contributed by atoms with Crippen molar-refractivity contribution in [3.63, 3.8) is 0 Å². The average Bonchev–Trinajstić information content (AvgIpc) is 2.32. The van der Waals surface area contributed by atoms with Crippen molar-refractivity contribution in [3.8, 4) is 0 Å². The van der Waals surface area contributed by atoms with E-state index in [1.165, 1.54) is 5.57 Å². The van der Waals surface area contributed by atoms with Gasteiger partial charge in [0.15, 0.2) is 0 Å². The van der Waals surface area contributed by atoms with Gasteiger partial charge in [-0.05, 0) is 38.2 Å². The van der Waals surface area contributed by atoms with Crippen LogP contribution in [-0.4, -0.2) is 21.4 Å². The summed E-state index contributed by atoms with van der Waals surface area (Å²) in [6, 6.07) is 0. The molecule has 0 aromatic heterocycles. The standard InChI is InChI=1S/C8H17NOSi/c1-11(2,3)10-7-8-4-5-9-6-8/h7,9H,4-6H2,1-3H3. The SMILES string of the molecule is C[Si](C)(C)OC=C1CCNC1. The van der Waals surface area contributed by atoms with Crippen LogP contribution in [0.1, 0.15) is 6.42 Å². The van der Waals surface area contributed by atoms with Gasteiger partial charge in [0, 0.05) is 6.54 Å². The van der Waals surface area contributed by atoms with Gasteiger partial charge in [-0.15, -0.1) is 0 Å². The number of hydrogen-bond acceptors (Lipinski definition) is 2. The number of rotatable bonds is 2. The summed E-state index contributed by atoms with van der Waals surface area (Å²) in [5.41, 5.74) is 1.41. The van der Waals surface area contributed by atoms with Crippen molar-refractivity contribution >= 4 is 8.32 Å². The third-order valence-corrected chi connectivity index (χ3v) is 2.38. The Morgan fingerprint density at radius 2 is 2.18 bits per heavy atom. The lowest BCUT2D eigenvalue weighted by Crippen LogP contribution is -2.22. The highest BCUT2D eigenvalue weighted by Gasteiger charge is 2.14. The van der Waals surface area contributed by atoms with Crippen molar-refractivity contribution < 1.29 is 4.43 Å². The Balaban J connectivity index is 2.34. The summed E-state index contributed by atoms with van der Waals surface area (Å²) in [6.07, 6.45) is 3.12.